The number of hydrogen-bond acceptors (Lipinski definition) is 3. The van der Waals surface area contributed by atoms with Crippen molar-refractivity contribution >= 4 is 5.91 Å². The summed E-state index contributed by atoms with van der Waals surface area (Å²) in [5.41, 5.74) is 7.32. The predicted octanol–water partition coefficient (Wildman–Crippen LogP) is 1.69. The van der Waals surface area contributed by atoms with Gasteiger partial charge in [0.2, 0.25) is 5.91 Å². The molecule has 1 amide bonds. The van der Waals surface area contributed by atoms with Crippen molar-refractivity contribution in [3.05, 3.63) is 18.0 Å². The van der Waals surface area contributed by atoms with Gasteiger partial charge in [-0.3, -0.25) is 9.48 Å². The van der Waals surface area contributed by atoms with Gasteiger partial charge in [0.15, 0.2) is 0 Å². The molecule has 2 rings (SSSR count). The highest BCUT2D eigenvalue weighted by Crippen LogP contribution is 2.30. The fourth-order valence-electron chi connectivity index (χ4n) is 2.79. The van der Waals surface area contributed by atoms with Gasteiger partial charge in [0.05, 0.1) is 12.2 Å². The van der Waals surface area contributed by atoms with Crippen LogP contribution in [0.25, 0.3) is 0 Å². The summed E-state index contributed by atoms with van der Waals surface area (Å²) in [6.07, 6.45) is 7.24. The Labute approximate surface area is 114 Å². The van der Waals surface area contributed by atoms with E-state index >= 15 is 0 Å². The number of aryl methyl sites for hydroxylation is 1. The highest BCUT2D eigenvalue weighted by molar-refractivity contribution is 5.77. The first-order valence-electron chi connectivity index (χ1n) is 7.24. The molecule has 0 radical (unpaired) electrons. The molecule has 0 saturated carbocycles. The maximum atomic E-state index is 12.1. The predicted molar refractivity (Wildman–Crippen MR) is 74.5 cm³/mol. The molecule has 1 saturated heterocycles. The van der Waals surface area contributed by atoms with Crippen molar-refractivity contribution < 1.29 is 4.79 Å². The summed E-state index contributed by atoms with van der Waals surface area (Å²) in [6, 6.07) is 0.00957. The quantitative estimate of drug-likeness (QED) is 0.880. The van der Waals surface area contributed by atoms with Gasteiger partial charge in [-0.2, -0.15) is 5.10 Å². The van der Waals surface area contributed by atoms with E-state index < -0.39 is 0 Å². The highest BCUT2D eigenvalue weighted by Gasteiger charge is 2.34. The number of hydrogen-bond donors (Lipinski definition) is 1. The van der Waals surface area contributed by atoms with Crippen molar-refractivity contribution in [1.82, 2.24) is 14.7 Å². The number of carbonyl (C=O) groups excluding carboxylic acids is 1. The van der Waals surface area contributed by atoms with E-state index in [-0.39, 0.29) is 18.0 Å². The largest absolute Gasteiger partial charge is 0.334 e. The van der Waals surface area contributed by atoms with Gasteiger partial charge in [-0.25, -0.2) is 0 Å². The summed E-state index contributed by atoms with van der Waals surface area (Å²) in [6.45, 7) is 5.89. The second-order valence-corrected chi connectivity index (χ2v) is 5.27. The molecule has 2 heterocycles. The molecule has 1 aromatic rings. The van der Waals surface area contributed by atoms with Crippen LogP contribution in [0.5, 0.6) is 0 Å². The van der Waals surface area contributed by atoms with E-state index in [1.807, 2.05) is 22.0 Å². The second-order valence-electron chi connectivity index (χ2n) is 5.27. The molecule has 5 nitrogen and oxygen atoms in total. The minimum Gasteiger partial charge on any atom is -0.334 e. The SMILES string of the molecule is CCCN1C(=O)CCC(N)C1c1cnn(CCC)c1. The molecule has 2 N–H and O–H groups in total. The molecule has 106 valence electrons. The van der Waals surface area contributed by atoms with Crippen LogP contribution in [0.4, 0.5) is 0 Å². The molecule has 0 aliphatic carbocycles. The van der Waals surface area contributed by atoms with Gasteiger partial charge in [0, 0.05) is 37.3 Å². The minimum absolute atomic E-state index is 0.00759. The van der Waals surface area contributed by atoms with Gasteiger partial charge in [-0.1, -0.05) is 13.8 Å². The summed E-state index contributed by atoms with van der Waals surface area (Å²) >= 11 is 0. The lowest BCUT2D eigenvalue weighted by Crippen LogP contribution is -2.48. The summed E-state index contributed by atoms with van der Waals surface area (Å²) in [4.78, 5) is 14.0. The fourth-order valence-corrected chi connectivity index (χ4v) is 2.79. The van der Waals surface area contributed by atoms with Gasteiger partial charge in [-0.05, 0) is 19.3 Å². The van der Waals surface area contributed by atoms with E-state index in [1.165, 1.54) is 0 Å². The average molecular weight is 264 g/mol. The molecular formula is C14H24N4O. The molecule has 2 unspecified atom stereocenters. The lowest BCUT2D eigenvalue weighted by atomic mass is 9.92. The van der Waals surface area contributed by atoms with E-state index in [2.05, 4.69) is 18.9 Å². The maximum absolute atomic E-state index is 12.1. The third-order valence-electron chi connectivity index (χ3n) is 3.67. The molecule has 0 aromatic carbocycles. The normalized spacial score (nSPS) is 23.9. The van der Waals surface area contributed by atoms with Gasteiger partial charge >= 0.3 is 0 Å². The maximum Gasteiger partial charge on any atom is 0.223 e. The number of rotatable bonds is 5. The first kappa shape index (κ1) is 14.1. The lowest BCUT2D eigenvalue weighted by molar-refractivity contribution is -0.137. The van der Waals surface area contributed by atoms with Crippen LogP contribution in [0.15, 0.2) is 12.4 Å². The minimum atomic E-state index is -0.00759. The van der Waals surface area contributed by atoms with E-state index in [1.54, 1.807) is 0 Å². The highest BCUT2D eigenvalue weighted by atomic mass is 16.2. The molecule has 0 spiro atoms. The van der Waals surface area contributed by atoms with Gasteiger partial charge < -0.3 is 10.6 Å². The number of likely N-dealkylation sites (tertiary alicyclic amines) is 1. The van der Waals surface area contributed by atoms with Gasteiger partial charge in [0.1, 0.15) is 0 Å². The number of nitrogens with zero attached hydrogens (tertiary/aromatic N) is 3. The van der Waals surface area contributed by atoms with Crippen LogP contribution < -0.4 is 5.73 Å². The monoisotopic (exact) mass is 264 g/mol. The van der Waals surface area contributed by atoms with Crippen LogP contribution >= 0.6 is 0 Å². The van der Waals surface area contributed by atoms with Crippen molar-refractivity contribution in [1.29, 1.82) is 0 Å². The van der Waals surface area contributed by atoms with Crippen LogP contribution in [-0.2, 0) is 11.3 Å². The third kappa shape index (κ3) is 2.97. The Hall–Kier alpha value is -1.36. The molecule has 0 bridgehead atoms. The molecule has 1 aliphatic heterocycles. The Morgan fingerprint density at radius 1 is 1.37 bits per heavy atom. The van der Waals surface area contributed by atoms with E-state index in [0.717, 1.165) is 37.9 Å². The van der Waals surface area contributed by atoms with E-state index in [4.69, 9.17) is 5.73 Å². The first-order chi connectivity index (χ1) is 9.17. The average Bonchev–Trinajstić information content (AvgIpc) is 2.83. The Kier molecular flexibility index (Phi) is 4.58. The summed E-state index contributed by atoms with van der Waals surface area (Å²) in [5, 5.41) is 4.36. The standard InChI is InChI=1S/C14H24N4O/c1-3-7-17-10-11(9-16-17)14-12(15)5-6-13(19)18(14)8-4-2/h9-10,12,14H,3-8,15H2,1-2H3. The third-order valence-corrected chi connectivity index (χ3v) is 3.67. The zero-order chi connectivity index (χ0) is 13.8. The molecule has 1 aromatic heterocycles. The van der Waals surface area contributed by atoms with Crippen molar-refractivity contribution in [2.45, 2.75) is 58.2 Å². The molecule has 1 aliphatic rings. The van der Waals surface area contributed by atoms with Gasteiger partial charge in [-0.15, -0.1) is 0 Å². The van der Waals surface area contributed by atoms with E-state index in [0.29, 0.717) is 6.42 Å². The first-order valence-corrected chi connectivity index (χ1v) is 7.24. The van der Waals surface area contributed by atoms with Crippen LogP contribution in [0, 0.1) is 0 Å². The Morgan fingerprint density at radius 3 is 2.79 bits per heavy atom. The Balaban J connectivity index is 2.22. The van der Waals surface area contributed by atoms with Crippen molar-refractivity contribution in [2.24, 2.45) is 5.73 Å². The Morgan fingerprint density at radius 2 is 2.11 bits per heavy atom. The Bertz CT molecular complexity index is 429. The summed E-state index contributed by atoms with van der Waals surface area (Å²) in [7, 11) is 0. The van der Waals surface area contributed by atoms with Crippen LogP contribution in [0.2, 0.25) is 0 Å². The fraction of sp³-hybridized carbons (Fsp3) is 0.714. The number of amides is 1. The zero-order valence-electron chi connectivity index (χ0n) is 11.9. The smallest absolute Gasteiger partial charge is 0.223 e. The van der Waals surface area contributed by atoms with Crippen molar-refractivity contribution in [3.63, 3.8) is 0 Å². The zero-order valence-corrected chi connectivity index (χ0v) is 11.9. The van der Waals surface area contributed by atoms with Crippen molar-refractivity contribution in [3.8, 4) is 0 Å². The molecule has 2 atom stereocenters. The van der Waals surface area contributed by atoms with Crippen LogP contribution in [0.1, 0.15) is 51.1 Å². The summed E-state index contributed by atoms with van der Waals surface area (Å²) in [5.74, 6) is 0.219. The number of nitrogens with two attached hydrogens (primary N) is 1. The number of aromatic nitrogens is 2. The molecule has 5 heteroatoms. The molecule has 1 fully saturated rings. The van der Waals surface area contributed by atoms with Gasteiger partial charge in [0.25, 0.3) is 0 Å². The van der Waals surface area contributed by atoms with Crippen LogP contribution in [-0.4, -0.2) is 33.2 Å². The van der Waals surface area contributed by atoms with Crippen molar-refractivity contribution in [2.75, 3.05) is 6.54 Å². The number of carbonyl (C=O) groups is 1. The van der Waals surface area contributed by atoms with Crippen LogP contribution in [0.3, 0.4) is 0 Å². The summed E-state index contributed by atoms with van der Waals surface area (Å²) < 4.78 is 1.94. The second kappa shape index (κ2) is 6.19. The molecular weight excluding hydrogens is 240 g/mol. The topological polar surface area (TPSA) is 64.2 Å². The number of piperidine rings is 1. The molecule has 19 heavy (non-hydrogen) atoms. The van der Waals surface area contributed by atoms with E-state index in [9.17, 15) is 4.79 Å². The lowest BCUT2D eigenvalue weighted by Gasteiger charge is -2.39.